The quantitative estimate of drug-likeness (QED) is 0.889. The van der Waals surface area contributed by atoms with E-state index in [4.69, 9.17) is 4.74 Å². The first-order valence-corrected chi connectivity index (χ1v) is 9.83. The van der Waals surface area contributed by atoms with Gasteiger partial charge in [-0.05, 0) is 31.0 Å². The maximum absolute atomic E-state index is 12.7. The minimum Gasteiger partial charge on any atom is -0.487 e. The maximum atomic E-state index is 12.7. The minimum atomic E-state index is -3.57. The Morgan fingerprint density at radius 3 is 2.33 bits per heavy atom. The molecule has 0 aliphatic carbocycles. The molecule has 1 N–H and O–H groups in total. The van der Waals surface area contributed by atoms with Crippen molar-refractivity contribution >= 4 is 10.0 Å². The van der Waals surface area contributed by atoms with Gasteiger partial charge in [-0.1, -0.05) is 50.2 Å². The molecule has 3 rings (SSSR count). The van der Waals surface area contributed by atoms with Gasteiger partial charge in [-0.15, -0.1) is 0 Å². The van der Waals surface area contributed by atoms with Crippen molar-refractivity contribution in [3.8, 4) is 5.75 Å². The fraction of sp³-hybridized carbons (Fsp3) is 0.368. The van der Waals surface area contributed by atoms with Gasteiger partial charge in [-0.3, -0.25) is 0 Å². The van der Waals surface area contributed by atoms with Gasteiger partial charge in [-0.25, -0.2) is 13.1 Å². The molecule has 2 aromatic carbocycles. The van der Waals surface area contributed by atoms with Crippen LogP contribution in [0.3, 0.4) is 0 Å². The van der Waals surface area contributed by atoms with Crippen molar-refractivity contribution in [3.05, 3.63) is 60.2 Å². The van der Waals surface area contributed by atoms with Gasteiger partial charge in [0.25, 0.3) is 0 Å². The predicted molar refractivity (Wildman–Crippen MR) is 94.5 cm³/mol. The van der Waals surface area contributed by atoms with Gasteiger partial charge in [0.05, 0.1) is 10.9 Å². The van der Waals surface area contributed by atoms with Crippen LogP contribution >= 0.6 is 0 Å². The van der Waals surface area contributed by atoms with E-state index in [1.807, 2.05) is 30.3 Å². The molecule has 4 nitrogen and oxygen atoms in total. The van der Waals surface area contributed by atoms with Gasteiger partial charge in [0.15, 0.2) is 0 Å². The van der Waals surface area contributed by atoms with Gasteiger partial charge in [0, 0.05) is 12.0 Å². The minimum absolute atomic E-state index is 0.285. The molecule has 1 atom stereocenters. The van der Waals surface area contributed by atoms with Crippen LogP contribution in [0.2, 0.25) is 0 Å². The molecule has 0 radical (unpaired) electrons. The molecule has 24 heavy (non-hydrogen) atoms. The highest BCUT2D eigenvalue weighted by molar-refractivity contribution is 7.89. The molecule has 0 bridgehead atoms. The monoisotopic (exact) mass is 345 g/mol. The Labute approximate surface area is 143 Å². The summed E-state index contributed by atoms with van der Waals surface area (Å²) in [5.74, 6) is 0.771. The third kappa shape index (κ3) is 3.19. The van der Waals surface area contributed by atoms with Gasteiger partial charge < -0.3 is 4.74 Å². The summed E-state index contributed by atoms with van der Waals surface area (Å²) in [6.45, 7) is 4.17. The molecule has 1 aliphatic heterocycles. The third-order valence-electron chi connectivity index (χ3n) is 4.84. The number of ether oxygens (including phenoxy) is 1. The summed E-state index contributed by atoms with van der Waals surface area (Å²) >= 11 is 0. The lowest BCUT2D eigenvalue weighted by Gasteiger charge is -2.41. The van der Waals surface area contributed by atoms with Crippen LogP contribution in [0.4, 0.5) is 0 Å². The Kier molecular flexibility index (Phi) is 4.65. The summed E-state index contributed by atoms with van der Waals surface area (Å²) in [5.41, 5.74) is 0.563. The molecule has 2 aromatic rings. The van der Waals surface area contributed by atoms with Crippen LogP contribution in [-0.4, -0.2) is 14.0 Å². The largest absolute Gasteiger partial charge is 0.487 e. The van der Waals surface area contributed by atoms with E-state index < -0.39 is 10.0 Å². The Morgan fingerprint density at radius 1 is 1.04 bits per heavy atom. The zero-order chi connectivity index (χ0) is 17.2. The second-order valence-corrected chi connectivity index (χ2v) is 7.94. The predicted octanol–water partition coefficient (Wildman–Crippen LogP) is 4.05. The van der Waals surface area contributed by atoms with E-state index in [9.17, 15) is 8.42 Å². The number of rotatable bonds is 5. The molecule has 5 heteroatoms. The van der Waals surface area contributed by atoms with E-state index in [0.29, 0.717) is 6.42 Å². The van der Waals surface area contributed by atoms with Gasteiger partial charge in [0.2, 0.25) is 10.0 Å². The number of sulfonamides is 1. The molecule has 1 heterocycles. The highest BCUT2D eigenvalue weighted by atomic mass is 32.2. The first-order valence-electron chi connectivity index (χ1n) is 8.35. The number of hydrogen-bond donors (Lipinski definition) is 1. The zero-order valence-corrected chi connectivity index (χ0v) is 14.8. The van der Waals surface area contributed by atoms with Gasteiger partial charge in [0.1, 0.15) is 11.4 Å². The lowest BCUT2D eigenvalue weighted by Crippen LogP contribution is -2.44. The van der Waals surface area contributed by atoms with Crippen molar-refractivity contribution in [1.29, 1.82) is 0 Å². The maximum Gasteiger partial charge on any atom is 0.241 e. The van der Waals surface area contributed by atoms with Crippen LogP contribution < -0.4 is 9.46 Å². The second kappa shape index (κ2) is 6.57. The average Bonchev–Trinajstić information content (AvgIpc) is 2.62. The first-order chi connectivity index (χ1) is 11.5. The molecule has 128 valence electrons. The average molecular weight is 345 g/mol. The van der Waals surface area contributed by atoms with Crippen LogP contribution in [0.5, 0.6) is 5.75 Å². The lowest BCUT2D eigenvalue weighted by atomic mass is 9.84. The van der Waals surface area contributed by atoms with E-state index in [1.165, 1.54) is 0 Å². The summed E-state index contributed by atoms with van der Waals surface area (Å²) in [5, 5.41) is 0. The fourth-order valence-corrected chi connectivity index (χ4v) is 4.50. The molecule has 0 saturated carbocycles. The highest BCUT2D eigenvalue weighted by Gasteiger charge is 2.39. The van der Waals surface area contributed by atoms with Gasteiger partial charge in [-0.2, -0.15) is 0 Å². The summed E-state index contributed by atoms with van der Waals surface area (Å²) in [4.78, 5) is 0.285. The third-order valence-corrected chi connectivity index (χ3v) is 6.32. The number of hydrogen-bond acceptors (Lipinski definition) is 3. The number of nitrogens with one attached hydrogen (secondary N) is 1. The molecular weight excluding hydrogens is 322 g/mol. The van der Waals surface area contributed by atoms with E-state index >= 15 is 0 Å². The molecule has 0 amide bonds. The van der Waals surface area contributed by atoms with Crippen LogP contribution in [0.1, 0.15) is 44.7 Å². The van der Waals surface area contributed by atoms with E-state index in [0.717, 1.165) is 24.2 Å². The molecule has 0 saturated heterocycles. The van der Waals surface area contributed by atoms with Gasteiger partial charge >= 0.3 is 0 Å². The second-order valence-electron chi connectivity index (χ2n) is 6.22. The summed E-state index contributed by atoms with van der Waals surface area (Å²) < 4.78 is 34.6. The fourth-order valence-electron chi connectivity index (χ4n) is 3.26. The zero-order valence-electron chi connectivity index (χ0n) is 14.0. The van der Waals surface area contributed by atoms with Crippen molar-refractivity contribution in [2.24, 2.45) is 0 Å². The summed E-state index contributed by atoms with van der Waals surface area (Å²) in [6.07, 6.45) is 2.30. The number of para-hydroxylation sites is 1. The van der Waals surface area contributed by atoms with Crippen molar-refractivity contribution in [1.82, 2.24) is 4.72 Å². The standard InChI is InChI=1S/C19H23NO3S/c1-3-19(4-2)14-17(16-12-8-9-13-18(16)23-19)20-24(21,22)15-10-6-5-7-11-15/h5-13,17,20H,3-4,14H2,1-2H3/t17-/m1/s1. The van der Waals surface area contributed by atoms with Crippen molar-refractivity contribution in [3.63, 3.8) is 0 Å². The SMILES string of the molecule is CCC1(CC)C[C@@H](NS(=O)(=O)c2ccccc2)c2ccccc2O1. The summed E-state index contributed by atoms with van der Waals surface area (Å²) in [6, 6.07) is 15.9. The van der Waals surface area contributed by atoms with Crippen LogP contribution in [0, 0.1) is 0 Å². The van der Waals surface area contributed by atoms with E-state index in [2.05, 4.69) is 18.6 Å². The topological polar surface area (TPSA) is 55.4 Å². The van der Waals surface area contributed by atoms with Crippen LogP contribution in [0.25, 0.3) is 0 Å². The van der Waals surface area contributed by atoms with Crippen LogP contribution in [-0.2, 0) is 10.0 Å². The number of benzene rings is 2. The molecule has 0 spiro atoms. The first kappa shape index (κ1) is 17.0. The molecular formula is C19H23NO3S. The Bertz CT molecular complexity index is 798. The normalized spacial score (nSPS) is 19.3. The summed E-state index contributed by atoms with van der Waals surface area (Å²) in [7, 11) is -3.57. The molecule has 0 fully saturated rings. The van der Waals surface area contributed by atoms with E-state index in [1.54, 1.807) is 24.3 Å². The van der Waals surface area contributed by atoms with E-state index in [-0.39, 0.29) is 16.5 Å². The Morgan fingerprint density at radius 2 is 1.67 bits per heavy atom. The molecule has 0 aromatic heterocycles. The molecule has 1 aliphatic rings. The Balaban J connectivity index is 1.97. The highest BCUT2D eigenvalue weighted by Crippen LogP contribution is 2.43. The van der Waals surface area contributed by atoms with Crippen molar-refractivity contribution in [2.75, 3.05) is 0 Å². The lowest BCUT2D eigenvalue weighted by molar-refractivity contribution is 0.0260. The van der Waals surface area contributed by atoms with Crippen molar-refractivity contribution < 1.29 is 13.2 Å². The molecule has 0 unspecified atom stereocenters. The van der Waals surface area contributed by atoms with Crippen LogP contribution in [0.15, 0.2) is 59.5 Å². The smallest absolute Gasteiger partial charge is 0.241 e. The van der Waals surface area contributed by atoms with Crippen molar-refractivity contribution in [2.45, 2.75) is 49.6 Å². The number of fused-ring (bicyclic) bond motifs is 1. The Hall–Kier alpha value is -1.85.